The molecule has 0 saturated carbocycles. The van der Waals surface area contributed by atoms with E-state index in [0.29, 0.717) is 19.5 Å². The molecule has 3 N–H and O–H groups in total. The van der Waals surface area contributed by atoms with Crippen molar-refractivity contribution in [3.05, 3.63) is 23.8 Å². The van der Waals surface area contributed by atoms with Gasteiger partial charge in [0, 0.05) is 19.3 Å². The van der Waals surface area contributed by atoms with Gasteiger partial charge in [0.1, 0.15) is 0 Å². The van der Waals surface area contributed by atoms with E-state index in [0.717, 1.165) is 17.9 Å². The van der Waals surface area contributed by atoms with Crippen LogP contribution in [0, 0.1) is 12.8 Å². The number of hydrogen-bond donors (Lipinski definition) is 3. The van der Waals surface area contributed by atoms with Gasteiger partial charge >= 0.3 is 0 Å². The Hall–Kier alpha value is -2.06. The summed E-state index contributed by atoms with van der Waals surface area (Å²) < 4.78 is 0. The van der Waals surface area contributed by atoms with E-state index in [1.165, 1.54) is 0 Å². The Morgan fingerprint density at radius 2 is 2.18 bits per heavy atom. The predicted molar refractivity (Wildman–Crippen MR) is 78.9 cm³/mol. The highest BCUT2D eigenvalue weighted by molar-refractivity contribution is 5.79. The number of aliphatic hydroxyl groups excluding tert-OH is 1. The number of carboxylic acid groups (broad SMARTS) is 1. The van der Waals surface area contributed by atoms with Crippen LogP contribution in [-0.2, 0) is 16.1 Å². The zero-order valence-corrected chi connectivity index (χ0v) is 12.8. The molecular formula is C14H22N4O4. The third-order valence-electron chi connectivity index (χ3n) is 3.39. The number of piperidine rings is 1. The van der Waals surface area contributed by atoms with E-state index in [2.05, 4.69) is 20.2 Å². The van der Waals surface area contributed by atoms with Crippen molar-refractivity contribution in [1.29, 1.82) is 0 Å². The third kappa shape index (κ3) is 5.74. The Morgan fingerprint density at radius 1 is 1.50 bits per heavy atom. The molecule has 1 aliphatic heterocycles. The molecule has 8 nitrogen and oxygen atoms in total. The Balaban J connectivity index is 0.000000745. The van der Waals surface area contributed by atoms with Gasteiger partial charge in [-0.05, 0) is 20.4 Å². The summed E-state index contributed by atoms with van der Waals surface area (Å²) in [5.41, 5.74) is 1.57. The van der Waals surface area contributed by atoms with Crippen LogP contribution in [0.25, 0.3) is 0 Å². The van der Waals surface area contributed by atoms with E-state index in [-0.39, 0.29) is 18.3 Å². The van der Waals surface area contributed by atoms with Gasteiger partial charge in [0.15, 0.2) is 0 Å². The van der Waals surface area contributed by atoms with Crippen molar-refractivity contribution in [2.45, 2.75) is 26.0 Å². The van der Waals surface area contributed by atoms with E-state index in [9.17, 15) is 9.90 Å². The molecule has 0 unspecified atom stereocenters. The van der Waals surface area contributed by atoms with E-state index < -0.39 is 6.10 Å². The molecule has 1 fully saturated rings. The van der Waals surface area contributed by atoms with E-state index >= 15 is 0 Å². The van der Waals surface area contributed by atoms with E-state index in [1.807, 2.05) is 14.0 Å². The molecule has 2 atom stereocenters. The number of carbonyl (C=O) groups is 2. The summed E-state index contributed by atoms with van der Waals surface area (Å²) >= 11 is 0. The first-order chi connectivity index (χ1) is 10.5. The highest BCUT2D eigenvalue weighted by Crippen LogP contribution is 2.16. The topological polar surface area (TPSA) is 116 Å². The van der Waals surface area contributed by atoms with Crippen molar-refractivity contribution in [3.63, 3.8) is 0 Å². The number of aliphatic hydroxyl groups is 1. The maximum Gasteiger partial charge on any atom is 0.290 e. The minimum Gasteiger partial charge on any atom is -0.483 e. The summed E-state index contributed by atoms with van der Waals surface area (Å²) in [6.07, 6.45) is 3.41. The zero-order chi connectivity index (χ0) is 16.5. The second-order valence-corrected chi connectivity index (χ2v) is 5.20. The highest BCUT2D eigenvalue weighted by Gasteiger charge is 2.31. The number of aryl methyl sites for hydroxylation is 1. The van der Waals surface area contributed by atoms with Crippen LogP contribution in [0.1, 0.15) is 17.8 Å². The summed E-state index contributed by atoms with van der Waals surface area (Å²) in [5, 5.41) is 19.6. The lowest BCUT2D eigenvalue weighted by Crippen LogP contribution is -2.48. The van der Waals surface area contributed by atoms with Crippen molar-refractivity contribution < 1.29 is 19.8 Å². The predicted octanol–water partition coefficient (Wildman–Crippen LogP) is -0.585. The molecule has 1 aliphatic rings. The fraction of sp³-hybridized carbons (Fsp3) is 0.571. The lowest BCUT2D eigenvalue weighted by atomic mass is 9.94. The summed E-state index contributed by atoms with van der Waals surface area (Å²) in [6, 6.07) is 0. The molecule has 22 heavy (non-hydrogen) atoms. The van der Waals surface area contributed by atoms with Crippen LogP contribution in [-0.4, -0.2) is 63.7 Å². The average molecular weight is 310 g/mol. The number of nitrogens with zero attached hydrogens (tertiary/aromatic N) is 3. The van der Waals surface area contributed by atoms with Gasteiger partial charge in [-0.2, -0.15) is 0 Å². The van der Waals surface area contributed by atoms with Gasteiger partial charge in [-0.15, -0.1) is 0 Å². The van der Waals surface area contributed by atoms with Crippen molar-refractivity contribution in [2.24, 2.45) is 5.92 Å². The standard InChI is InChI=1S/C13H20N4O2.CH2O2/c1-9-5-15-10(6-14-9)7-16-13(19)11-8-17(2)4-3-12(11)18;2-1-3/h5-6,11-12,18H,3-4,7-8H2,1-2H3,(H,16,19);1H,(H,2,3)/t11-,12-;/m1./s1. The molecule has 0 aromatic carbocycles. The molecule has 2 heterocycles. The van der Waals surface area contributed by atoms with Gasteiger partial charge in [0.25, 0.3) is 6.47 Å². The Labute approximate surface area is 129 Å². The maximum absolute atomic E-state index is 12.0. The van der Waals surface area contributed by atoms with Crippen LogP contribution in [0.4, 0.5) is 0 Å². The molecule has 2 rings (SSSR count). The molecule has 0 aliphatic carbocycles. The van der Waals surface area contributed by atoms with Crippen molar-refractivity contribution in [3.8, 4) is 0 Å². The quantitative estimate of drug-likeness (QED) is 0.639. The normalized spacial score (nSPS) is 21.4. The molecule has 122 valence electrons. The average Bonchev–Trinajstić information content (AvgIpc) is 2.49. The second kappa shape index (κ2) is 9.06. The zero-order valence-electron chi connectivity index (χ0n) is 12.8. The van der Waals surface area contributed by atoms with Crippen molar-refractivity contribution >= 4 is 12.4 Å². The highest BCUT2D eigenvalue weighted by atomic mass is 16.3. The number of rotatable bonds is 3. The summed E-state index contributed by atoms with van der Waals surface area (Å²) in [4.78, 5) is 30.8. The number of likely N-dealkylation sites (tertiary alicyclic amines) is 1. The van der Waals surface area contributed by atoms with Crippen LogP contribution in [0.5, 0.6) is 0 Å². The minimum atomic E-state index is -0.555. The van der Waals surface area contributed by atoms with Gasteiger partial charge in [-0.25, -0.2) is 0 Å². The SMILES string of the molecule is Cc1cnc(CNC(=O)[C@@H]2CN(C)CC[C@H]2O)cn1.O=CO. The number of carbonyl (C=O) groups excluding carboxylic acids is 1. The number of amides is 1. The first kappa shape index (κ1) is 18.0. The second-order valence-electron chi connectivity index (χ2n) is 5.20. The van der Waals surface area contributed by atoms with Crippen molar-refractivity contribution in [2.75, 3.05) is 20.1 Å². The Kier molecular flexibility index (Phi) is 7.41. The first-order valence-corrected chi connectivity index (χ1v) is 6.97. The smallest absolute Gasteiger partial charge is 0.290 e. The molecule has 0 bridgehead atoms. The lowest BCUT2D eigenvalue weighted by Gasteiger charge is -2.32. The fourth-order valence-electron chi connectivity index (χ4n) is 2.18. The number of nitrogens with one attached hydrogen (secondary N) is 1. The number of hydrogen-bond acceptors (Lipinski definition) is 6. The molecule has 1 saturated heterocycles. The first-order valence-electron chi connectivity index (χ1n) is 6.97. The lowest BCUT2D eigenvalue weighted by molar-refractivity contribution is -0.131. The Bertz CT molecular complexity index is 480. The largest absolute Gasteiger partial charge is 0.483 e. The minimum absolute atomic E-state index is 0.124. The van der Waals surface area contributed by atoms with Gasteiger partial charge in [-0.3, -0.25) is 19.6 Å². The van der Waals surface area contributed by atoms with Crippen LogP contribution in [0.3, 0.4) is 0 Å². The molecular weight excluding hydrogens is 288 g/mol. The fourth-order valence-corrected chi connectivity index (χ4v) is 2.18. The molecule has 0 radical (unpaired) electrons. The van der Waals surface area contributed by atoms with Crippen LogP contribution < -0.4 is 5.32 Å². The van der Waals surface area contributed by atoms with Crippen LogP contribution >= 0.6 is 0 Å². The van der Waals surface area contributed by atoms with E-state index in [4.69, 9.17) is 9.90 Å². The van der Waals surface area contributed by atoms with Gasteiger partial charge in [0.05, 0.1) is 36.2 Å². The maximum atomic E-state index is 12.0. The van der Waals surface area contributed by atoms with E-state index in [1.54, 1.807) is 12.4 Å². The van der Waals surface area contributed by atoms with Gasteiger partial charge in [-0.1, -0.05) is 0 Å². The molecule has 8 heteroatoms. The van der Waals surface area contributed by atoms with Gasteiger partial charge < -0.3 is 20.4 Å². The molecule has 1 aromatic rings. The molecule has 0 spiro atoms. The monoisotopic (exact) mass is 310 g/mol. The van der Waals surface area contributed by atoms with Crippen LogP contribution in [0.2, 0.25) is 0 Å². The van der Waals surface area contributed by atoms with Gasteiger partial charge in [0.2, 0.25) is 5.91 Å². The summed E-state index contributed by atoms with van der Waals surface area (Å²) in [5.74, 6) is -0.487. The summed E-state index contributed by atoms with van der Waals surface area (Å²) in [7, 11) is 1.96. The summed E-state index contributed by atoms with van der Waals surface area (Å²) in [6.45, 7) is 3.38. The molecule has 1 aromatic heterocycles. The Morgan fingerprint density at radius 3 is 2.77 bits per heavy atom. The molecule has 1 amide bonds. The van der Waals surface area contributed by atoms with Crippen LogP contribution in [0.15, 0.2) is 12.4 Å². The third-order valence-corrected chi connectivity index (χ3v) is 3.39. The number of aromatic nitrogens is 2. The van der Waals surface area contributed by atoms with Crippen molar-refractivity contribution in [1.82, 2.24) is 20.2 Å².